The van der Waals surface area contributed by atoms with Crippen LogP contribution in [0.5, 0.6) is 5.75 Å². The van der Waals surface area contributed by atoms with Gasteiger partial charge in [0, 0.05) is 19.1 Å². The van der Waals surface area contributed by atoms with Gasteiger partial charge in [-0.1, -0.05) is 18.2 Å². The number of hydrogen-bond donors (Lipinski definition) is 0. The number of nitrogens with zero attached hydrogens (tertiary/aromatic N) is 4. The van der Waals surface area contributed by atoms with E-state index in [2.05, 4.69) is 0 Å². The SMILES string of the molecule is CC(=O)N(Oc1ccccc1)C1C(=O)N2C1SCN(S(=O)(=O)C(F)(F)F)C2C(=O)OCc1ccc([N+](=O)[O-])cc1. The lowest BCUT2D eigenvalue weighted by Crippen LogP contribution is -2.79. The van der Waals surface area contributed by atoms with Crippen molar-refractivity contribution in [2.75, 3.05) is 5.88 Å². The number of rotatable bonds is 8. The number of carbonyl (C=O) groups excluding carboxylic acids is 3. The molecule has 2 heterocycles. The van der Waals surface area contributed by atoms with Gasteiger partial charge in [-0.25, -0.2) is 13.2 Å². The minimum Gasteiger partial charge on any atom is -0.458 e. The highest BCUT2D eigenvalue weighted by atomic mass is 32.2. The first kappa shape index (κ1) is 29.1. The Kier molecular flexibility index (Phi) is 7.95. The average Bonchev–Trinajstić information content (AvgIpc) is 2.90. The minimum atomic E-state index is -6.11. The summed E-state index contributed by atoms with van der Waals surface area (Å²) >= 11 is 0.578. The molecule has 0 radical (unpaired) electrons. The summed E-state index contributed by atoms with van der Waals surface area (Å²) in [7, 11) is -6.11. The van der Waals surface area contributed by atoms with Gasteiger partial charge in [0.2, 0.25) is 0 Å². The molecule has 2 aliphatic rings. The van der Waals surface area contributed by atoms with Crippen LogP contribution in [0.2, 0.25) is 0 Å². The number of halogens is 3. The molecule has 0 N–H and O–H groups in total. The number of amides is 2. The molecular weight excluding hydrogens is 585 g/mol. The molecule has 4 rings (SSSR count). The van der Waals surface area contributed by atoms with Gasteiger partial charge in [-0.2, -0.15) is 22.5 Å². The lowest BCUT2D eigenvalue weighted by Gasteiger charge is -2.55. The highest BCUT2D eigenvalue weighted by molar-refractivity contribution is 8.01. The molecular formula is C22H19F3N4O9S2. The van der Waals surface area contributed by atoms with Crippen LogP contribution in [0.25, 0.3) is 0 Å². The molecule has 2 saturated heterocycles. The number of hydrogen-bond acceptors (Lipinski definition) is 10. The third-order valence-corrected chi connectivity index (χ3v) is 8.76. The van der Waals surface area contributed by atoms with Crippen molar-refractivity contribution in [3.63, 3.8) is 0 Å². The number of ether oxygens (including phenoxy) is 1. The van der Waals surface area contributed by atoms with Crippen molar-refractivity contribution in [3.8, 4) is 5.75 Å². The zero-order valence-electron chi connectivity index (χ0n) is 20.3. The van der Waals surface area contributed by atoms with E-state index in [1.807, 2.05) is 0 Å². The molecule has 2 aliphatic heterocycles. The second kappa shape index (κ2) is 10.9. The number of fused-ring (bicyclic) bond motifs is 1. The summed E-state index contributed by atoms with van der Waals surface area (Å²) in [6, 6.07) is 11.1. The summed E-state index contributed by atoms with van der Waals surface area (Å²) in [5, 5.41) is 10.4. The van der Waals surface area contributed by atoms with Crippen molar-refractivity contribution in [1.29, 1.82) is 0 Å². The molecule has 214 valence electrons. The molecule has 3 unspecified atom stereocenters. The molecule has 2 aromatic carbocycles. The van der Waals surface area contributed by atoms with Crippen molar-refractivity contribution in [1.82, 2.24) is 14.3 Å². The number of para-hydroxylation sites is 1. The van der Waals surface area contributed by atoms with Crippen LogP contribution in [0.4, 0.5) is 18.9 Å². The van der Waals surface area contributed by atoms with E-state index in [-0.39, 0.29) is 21.3 Å². The molecule has 0 spiro atoms. The van der Waals surface area contributed by atoms with E-state index < -0.39 is 68.3 Å². The molecule has 2 fully saturated rings. The number of carbonyl (C=O) groups is 3. The zero-order chi connectivity index (χ0) is 29.4. The largest absolute Gasteiger partial charge is 0.511 e. The molecule has 13 nitrogen and oxygen atoms in total. The van der Waals surface area contributed by atoms with Crippen LogP contribution in [0.1, 0.15) is 12.5 Å². The number of esters is 1. The van der Waals surface area contributed by atoms with Crippen LogP contribution in [0.3, 0.4) is 0 Å². The zero-order valence-corrected chi connectivity index (χ0v) is 21.9. The van der Waals surface area contributed by atoms with E-state index in [1.165, 1.54) is 24.3 Å². The Bertz CT molecular complexity index is 1430. The summed E-state index contributed by atoms with van der Waals surface area (Å²) in [6.45, 7) is 0.496. The topological polar surface area (TPSA) is 157 Å². The van der Waals surface area contributed by atoms with E-state index in [1.54, 1.807) is 18.2 Å². The van der Waals surface area contributed by atoms with Gasteiger partial charge in [-0.15, -0.1) is 11.8 Å². The van der Waals surface area contributed by atoms with Gasteiger partial charge in [0.25, 0.3) is 17.5 Å². The number of thioether (sulfide) groups is 1. The Labute approximate surface area is 228 Å². The third-order valence-electron chi connectivity index (χ3n) is 5.81. The number of non-ortho nitro benzene ring substituents is 1. The first-order valence-electron chi connectivity index (χ1n) is 11.2. The monoisotopic (exact) mass is 604 g/mol. The Morgan fingerprint density at radius 3 is 2.33 bits per heavy atom. The predicted octanol–water partition coefficient (Wildman–Crippen LogP) is 2.20. The van der Waals surface area contributed by atoms with Gasteiger partial charge in [-0.3, -0.25) is 24.6 Å². The lowest BCUT2D eigenvalue weighted by molar-refractivity contribution is -0.384. The molecule has 0 saturated carbocycles. The number of sulfonamides is 1. The first-order valence-corrected chi connectivity index (χ1v) is 13.7. The highest BCUT2D eigenvalue weighted by Crippen LogP contribution is 2.44. The second-order valence-electron chi connectivity index (χ2n) is 8.37. The summed E-state index contributed by atoms with van der Waals surface area (Å²) in [5.74, 6) is -4.01. The van der Waals surface area contributed by atoms with Gasteiger partial charge >= 0.3 is 21.5 Å². The van der Waals surface area contributed by atoms with E-state index in [0.717, 1.165) is 19.1 Å². The Morgan fingerprint density at radius 2 is 1.77 bits per heavy atom. The normalized spacial score (nSPS) is 21.1. The van der Waals surface area contributed by atoms with Gasteiger partial charge in [0.15, 0.2) is 18.0 Å². The quantitative estimate of drug-likeness (QED) is 0.189. The number of nitro groups is 1. The lowest BCUT2D eigenvalue weighted by atomic mass is 10.1. The minimum absolute atomic E-state index is 0.171. The molecule has 0 bridgehead atoms. The van der Waals surface area contributed by atoms with Gasteiger partial charge in [0.05, 0.1) is 10.8 Å². The van der Waals surface area contributed by atoms with Crippen LogP contribution in [0.15, 0.2) is 54.6 Å². The Balaban J connectivity index is 1.60. The standard InChI is InChI=1S/C22H19F3N4O9S2/c1-13(30)28(38-16-5-3-2-4-6-16)17-19(31)27-18(26(12-39-20(17)27)40(35,36)22(23,24)25)21(32)37-11-14-7-9-15(10-8-14)29(33)34/h2-10,17-18,20H,11-12H2,1H3. The van der Waals surface area contributed by atoms with Gasteiger partial charge < -0.3 is 9.57 Å². The van der Waals surface area contributed by atoms with Crippen LogP contribution >= 0.6 is 11.8 Å². The average molecular weight is 605 g/mol. The predicted molar refractivity (Wildman–Crippen MR) is 130 cm³/mol. The number of alkyl halides is 3. The number of benzene rings is 2. The van der Waals surface area contributed by atoms with Crippen LogP contribution in [-0.4, -0.2) is 74.4 Å². The second-order valence-corrected chi connectivity index (χ2v) is 11.3. The molecule has 18 heteroatoms. The van der Waals surface area contributed by atoms with E-state index in [4.69, 9.17) is 9.57 Å². The molecule has 0 aliphatic carbocycles. The van der Waals surface area contributed by atoms with E-state index in [9.17, 15) is 46.1 Å². The fraction of sp³-hybridized carbons (Fsp3) is 0.318. The van der Waals surface area contributed by atoms with Crippen LogP contribution in [0, 0.1) is 10.1 Å². The summed E-state index contributed by atoms with van der Waals surface area (Å²) in [5.41, 5.74) is -5.86. The van der Waals surface area contributed by atoms with Crippen molar-refractivity contribution < 1.29 is 50.5 Å². The van der Waals surface area contributed by atoms with Crippen LogP contribution < -0.4 is 4.84 Å². The maximum Gasteiger partial charge on any atom is 0.511 e. The molecule has 40 heavy (non-hydrogen) atoms. The summed E-state index contributed by atoms with van der Waals surface area (Å²) in [4.78, 5) is 54.8. The van der Waals surface area contributed by atoms with Gasteiger partial charge in [0.1, 0.15) is 12.0 Å². The fourth-order valence-corrected chi connectivity index (χ4v) is 6.58. The van der Waals surface area contributed by atoms with E-state index >= 15 is 0 Å². The van der Waals surface area contributed by atoms with Crippen LogP contribution in [-0.2, 0) is 35.8 Å². The molecule has 3 atom stereocenters. The summed E-state index contributed by atoms with van der Waals surface area (Å²) < 4.78 is 70.0. The highest BCUT2D eigenvalue weighted by Gasteiger charge is 2.65. The van der Waals surface area contributed by atoms with Crippen molar-refractivity contribution in [2.24, 2.45) is 0 Å². The Morgan fingerprint density at radius 1 is 1.15 bits per heavy atom. The van der Waals surface area contributed by atoms with Crippen molar-refractivity contribution in [2.45, 2.75) is 36.6 Å². The third kappa shape index (κ3) is 5.41. The number of hydroxylamine groups is 2. The summed E-state index contributed by atoms with van der Waals surface area (Å²) in [6.07, 6.45) is -2.34. The number of β-lactam (4-membered cyclic amide) rings is 1. The maximum atomic E-state index is 13.5. The molecule has 2 aromatic rings. The van der Waals surface area contributed by atoms with Crippen molar-refractivity contribution >= 4 is 45.3 Å². The Hall–Kier alpha value is -3.90. The smallest absolute Gasteiger partial charge is 0.458 e. The van der Waals surface area contributed by atoms with Crippen molar-refractivity contribution in [3.05, 3.63) is 70.3 Å². The maximum absolute atomic E-state index is 13.5. The molecule has 2 amide bonds. The van der Waals surface area contributed by atoms with E-state index in [0.29, 0.717) is 21.7 Å². The number of nitro benzene ring substituents is 1. The fourth-order valence-electron chi connectivity index (χ4n) is 3.90. The first-order chi connectivity index (χ1) is 18.7. The molecule has 0 aromatic heterocycles. The van der Waals surface area contributed by atoms with Gasteiger partial charge in [-0.05, 0) is 29.8 Å².